The molecule has 0 saturated carbocycles. The predicted octanol–water partition coefficient (Wildman–Crippen LogP) is 5.34. The van der Waals surface area contributed by atoms with Gasteiger partial charge in [-0.05, 0) is 43.3 Å². The second-order valence-corrected chi connectivity index (χ2v) is 6.29. The molecule has 96 valence electrons. The SMILES string of the molecule is CCCC[C@H](C)CC(C=CI)OC(C)(C)C. The minimum Gasteiger partial charge on any atom is -0.369 e. The molecule has 0 aromatic rings. The molecule has 1 nitrogen and oxygen atoms in total. The van der Waals surface area contributed by atoms with E-state index in [9.17, 15) is 0 Å². The zero-order chi connectivity index (χ0) is 12.6. The number of hydrogen-bond donors (Lipinski definition) is 0. The molecule has 0 aromatic carbocycles. The molecule has 0 aliphatic rings. The van der Waals surface area contributed by atoms with Crippen LogP contribution in [-0.4, -0.2) is 11.7 Å². The number of rotatable bonds is 7. The molecule has 16 heavy (non-hydrogen) atoms. The lowest BCUT2D eigenvalue weighted by Crippen LogP contribution is -2.27. The minimum atomic E-state index is -0.0503. The summed E-state index contributed by atoms with van der Waals surface area (Å²) in [6.45, 7) is 10.9. The van der Waals surface area contributed by atoms with E-state index in [2.05, 4.69) is 67.4 Å². The molecule has 2 heteroatoms. The highest BCUT2D eigenvalue weighted by molar-refractivity contribution is 14.1. The molecule has 0 radical (unpaired) electrons. The van der Waals surface area contributed by atoms with E-state index in [-0.39, 0.29) is 11.7 Å². The first-order valence-electron chi connectivity index (χ1n) is 6.33. The first kappa shape index (κ1) is 16.4. The second-order valence-electron chi connectivity index (χ2n) is 5.57. The van der Waals surface area contributed by atoms with Crippen molar-refractivity contribution in [1.29, 1.82) is 0 Å². The number of hydrogen-bond acceptors (Lipinski definition) is 1. The lowest BCUT2D eigenvalue weighted by molar-refractivity contribution is -0.0461. The van der Waals surface area contributed by atoms with Crippen LogP contribution in [0, 0.1) is 5.92 Å². The van der Waals surface area contributed by atoms with Crippen LogP contribution in [0.4, 0.5) is 0 Å². The fourth-order valence-electron chi connectivity index (χ4n) is 1.77. The summed E-state index contributed by atoms with van der Waals surface area (Å²) in [6, 6.07) is 0. The smallest absolute Gasteiger partial charge is 0.0772 e. The standard InChI is InChI=1S/C14H27IO/c1-6-7-8-12(2)11-13(9-10-15)16-14(3,4)5/h9-10,12-13H,6-8,11H2,1-5H3/t12-,13?/m0/s1. The van der Waals surface area contributed by atoms with Gasteiger partial charge in [0.2, 0.25) is 0 Å². The van der Waals surface area contributed by atoms with Crippen LogP contribution in [0.25, 0.3) is 0 Å². The van der Waals surface area contributed by atoms with Crippen LogP contribution in [0.2, 0.25) is 0 Å². The molecule has 0 N–H and O–H groups in total. The van der Waals surface area contributed by atoms with Crippen LogP contribution in [0.15, 0.2) is 10.2 Å². The number of ether oxygens (including phenoxy) is 1. The monoisotopic (exact) mass is 338 g/mol. The molecule has 0 rings (SSSR count). The third-order valence-corrected chi connectivity index (χ3v) is 2.89. The summed E-state index contributed by atoms with van der Waals surface area (Å²) in [7, 11) is 0. The Bertz CT molecular complexity index is 193. The van der Waals surface area contributed by atoms with Crippen molar-refractivity contribution < 1.29 is 4.74 Å². The van der Waals surface area contributed by atoms with E-state index in [0.717, 1.165) is 12.3 Å². The van der Waals surface area contributed by atoms with Crippen LogP contribution in [-0.2, 0) is 4.74 Å². The van der Waals surface area contributed by atoms with Crippen molar-refractivity contribution in [3.05, 3.63) is 10.2 Å². The summed E-state index contributed by atoms with van der Waals surface area (Å²) in [4.78, 5) is 0. The molecular weight excluding hydrogens is 311 g/mol. The minimum absolute atomic E-state index is 0.0503. The fourth-order valence-corrected chi connectivity index (χ4v) is 2.23. The van der Waals surface area contributed by atoms with Gasteiger partial charge in [0, 0.05) is 0 Å². The average Bonchev–Trinajstić information content (AvgIpc) is 2.12. The van der Waals surface area contributed by atoms with Crippen LogP contribution >= 0.6 is 22.6 Å². The summed E-state index contributed by atoms with van der Waals surface area (Å²) >= 11 is 2.27. The van der Waals surface area contributed by atoms with E-state index in [0.29, 0.717) is 0 Å². The second kappa shape index (κ2) is 8.51. The van der Waals surface area contributed by atoms with Gasteiger partial charge in [-0.15, -0.1) is 0 Å². The summed E-state index contributed by atoms with van der Waals surface area (Å²) < 4.78 is 8.11. The summed E-state index contributed by atoms with van der Waals surface area (Å²) in [5.74, 6) is 0.750. The van der Waals surface area contributed by atoms with Gasteiger partial charge in [-0.1, -0.05) is 55.7 Å². The van der Waals surface area contributed by atoms with Gasteiger partial charge >= 0.3 is 0 Å². The summed E-state index contributed by atoms with van der Waals surface area (Å²) in [5.41, 5.74) is -0.0503. The Hall–Kier alpha value is 0.430. The third-order valence-electron chi connectivity index (χ3n) is 2.48. The normalized spacial score (nSPS) is 16.6. The molecule has 0 heterocycles. The number of unbranched alkanes of at least 4 members (excludes halogenated alkanes) is 1. The fraction of sp³-hybridized carbons (Fsp3) is 0.857. The topological polar surface area (TPSA) is 9.23 Å². The van der Waals surface area contributed by atoms with Crippen molar-refractivity contribution in [1.82, 2.24) is 0 Å². The van der Waals surface area contributed by atoms with Gasteiger partial charge in [0.15, 0.2) is 0 Å². The largest absolute Gasteiger partial charge is 0.369 e. The Labute approximate surface area is 115 Å². The molecule has 0 aliphatic heterocycles. The van der Waals surface area contributed by atoms with Gasteiger partial charge in [-0.2, -0.15) is 0 Å². The van der Waals surface area contributed by atoms with E-state index in [1.807, 2.05) is 0 Å². The maximum absolute atomic E-state index is 6.04. The molecule has 0 aromatic heterocycles. The van der Waals surface area contributed by atoms with Gasteiger partial charge in [0.1, 0.15) is 0 Å². The molecule has 0 saturated heterocycles. The van der Waals surface area contributed by atoms with Crippen molar-refractivity contribution in [2.45, 2.75) is 72.0 Å². The average molecular weight is 338 g/mol. The molecule has 0 spiro atoms. The van der Waals surface area contributed by atoms with Crippen LogP contribution in [0.1, 0.15) is 60.3 Å². The Kier molecular flexibility index (Phi) is 8.74. The zero-order valence-corrected chi connectivity index (χ0v) is 13.6. The lowest BCUT2D eigenvalue weighted by Gasteiger charge is -2.27. The van der Waals surface area contributed by atoms with E-state index >= 15 is 0 Å². The van der Waals surface area contributed by atoms with Crippen LogP contribution < -0.4 is 0 Å². The first-order chi connectivity index (χ1) is 7.39. The van der Waals surface area contributed by atoms with E-state index in [1.54, 1.807) is 0 Å². The van der Waals surface area contributed by atoms with Crippen LogP contribution in [0.5, 0.6) is 0 Å². The van der Waals surface area contributed by atoms with Crippen LogP contribution in [0.3, 0.4) is 0 Å². The maximum Gasteiger partial charge on any atom is 0.0772 e. The van der Waals surface area contributed by atoms with E-state index < -0.39 is 0 Å². The quantitative estimate of drug-likeness (QED) is 0.570. The van der Waals surface area contributed by atoms with Crippen molar-refractivity contribution in [3.8, 4) is 0 Å². The molecule has 0 amide bonds. The molecule has 0 aliphatic carbocycles. The highest BCUT2D eigenvalue weighted by atomic mass is 127. The Morgan fingerprint density at radius 3 is 2.38 bits per heavy atom. The third kappa shape index (κ3) is 9.64. The molecule has 1 unspecified atom stereocenters. The van der Waals surface area contributed by atoms with Gasteiger partial charge in [0.05, 0.1) is 11.7 Å². The molecular formula is C14H27IO. The van der Waals surface area contributed by atoms with E-state index in [1.165, 1.54) is 19.3 Å². The van der Waals surface area contributed by atoms with Crippen molar-refractivity contribution in [2.75, 3.05) is 0 Å². The van der Waals surface area contributed by atoms with Gasteiger partial charge in [0.25, 0.3) is 0 Å². The molecule has 2 atom stereocenters. The summed E-state index contributed by atoms with van der Waals surface area (Å²) in [5, 5.41) is 0. The first-order valence-corrected chi connectivity index (χ1v) is 7.58. The van der Waals surface area contributed by atoms with Crippen molar-refractivity contribution in [2.24, 2.45) is 5.92 Å². The van der Waals surface area contributed by atoms with Gasteiger partial charge < -0.3 is 4.74 Å². The van der Waals surface area contributed by atoms with Crippen molar-refractivity contribution >= 4 is 22.6 Å². The van der Waals surface area contributed by atoms with Gasteiger partial charge in [-0.25, -0.2) is 0 Å². The maximum atomic E-state index is 6.04. The van der Waals surface area contributed by atoms with Gasteiger partial charge in [-0.3, -0.25) is 0 Å². The van der Waals surface area contributed by atoms with E-state index in [4.69, 9.17) is 4.74 Å². The number of halogens is 1. The summed E-state index contributed by atoms with van der Waals surface area (Å²) in [6.07, 6.45) is 7.51. The predicted molar refractivity (Wildman–Crippen MR) is 81.1 cm³/mol. The Morgan fingerprint density at radius 2 is 1.94 bits per heavy atom. The highest BCUT2D eigenvalue weighted by Crippen LogP contribution is 2.21. The molecule has 0 fully saturated rings. The van der Waals surface area contributed by atoms with Crippen molar-refractivity contribution in [3.63, 3.8) is 0 Å². The Morgan fingerprint density at radius 1 is 1.31 bits per heavy atom. The zero-order valence-electron chi connectivity index (χ0n) is 11.4. The highest BCUT2D eigenvalue weighted by Gasteiger charge is 2.18. The lowest BCUT2D eigenvalue weighted by atomic mass is 9.97. The Balaban J connectivity index is 4.12. The molecule has 0 bridgehead atoms.